The van der Waals surface area contributed by atoms with Crippen molar-refractivity contribution in [3.63, 3.8) is 0 Å². The van der Waals surface area contributed by atoms with Crippen molar-refractivity contribution in [1.29, 1.82) is 0 Å². The van der Waals surface area contributed by atoms with E-state index in [9.17, 15) is 110 Å². The zero-order valence-electron chi connectivity index (χ0n) is 20.3. The van der Waals surface area contributed by atoms with Crippen LogP contribution in [0, 0.1) is 0 Å². The van der Waals surface area contributed by atoms with Gasteiger partial charge in [-0.05, 0) is 12.2 Å². The summed E-state index contributed by atoms with van der Waals surface area (Å²) in [4.78, 5) is 0. The average molecular weight is 750 g/mol. The number of halogens is 25. The molecule has 0 bridgehead atoms. The Hall–Kier alpha value is -2.06. The number of hydrogen-bond acceptors (Lipinski definition) is 1. The molecule has 0 aromatic rings. The lowest BCUT2D eigenvalue weighted by Gasteiger charge is -2.39. The van der Waals surface area contributed by atoms with Crippen LogP contribution in [0.25, 0.3) is 0 Å². The molecule has 0 aliphatic heterocycles. The highest BCUT2D eigenvalue weighted by Gasteiger charge is 2.91. The SMILES string of the molecule is FC(F)C(F)(F)C(F)(F)C(F)(F)C(F)(F)C(F)(F)CCNC(=S)NCCC(F)(F)C(F)(F)C(F)(F)C(F)(F)C(F)(F)C(F)(F)F. The van der Waals surface area contributed by atoms with E-state index in [4.69, 9.17) is 0 Å². The summed E-state index contributed by atoms with van der Waals surface area (Å²) in [7, 11) is 0. The lowest BCUT2D eigenvalue weighted by atomic mass is 9.92. The second-order valence-corrected chi connectivity index (χ2v) is 8.94. The van der Waals surface area contributed by atoms with Gasteiger partial charge in [-0.3, -0.25) is 0 Å². The summed E-state index contributed by atoms with van der Waals surface area (Å²) in [6, 6.07) is 0. The highest BCUT2D eigenvalue weighted by molar-refractivity contribution is 7.80. The van der Waals surface area contributed by atoms with Crippen LogP contribution in [0.3, 0.4) is 0 Å². The second-order valence-electron chi connectivity index (χ2n) is 8.53. The zero-order chi connectivity index (χ0) is 36.9. The van der Waals surface area contributed by atoms with Gasteiger partial charge in [0.05, 0.1) is 0 Å². The number of thiocarbonyl (C=S) groups is 1. The van der Waals surface area contributed by atoms with Crippen LogP contribution in [0.4, 0.5) is 110 Å². The van der Waals surface area contributed by atoms with E-state index in [2.05, 4.69) is 12.2 Å². The summed E-state index contributed by atoms with van der Waals surface area (Å²) in [5.41, 5.74) is 0. The molecular formula is C17H11F25N2S. The molecule has 2 N–H and O–H groups in total. The first-order valence-corrected chi connectivity index (χ1v) is 10.8. The Kier molecular flexibility index (Phi) is 11.6. The predicted octanol–water partition coefficient (Wildman–Crippen LogP) is 8.41. The Bertz CT molecular complexity index is 1030. The first-order valence-electron chi connectivity index (χ1n) is 10.4. The van der Waals surface area contributed by atoms with E-state index < -0.39 is 103 Å². The minimum Gasteiger partial charge on any atom is -0.363 e. The van der Waals surface area contributed by atoms with Gasteiger partial charge in [0, 0.05) is 25.9 Å². The zero-order valence-corrected chi connectivity index (χ0v) is 21.1. The van der Waals surface area contributed by atoms with Crippen LogP contribution in [0.5, 0.6) is 0 Å². The molecule has 0 heterocycles. The van der Waals surface area contributed by atoms with Crippen molar-refractivity contribution in [2.75, 3.05) is 13.1 Å². The van der Waals surface area contributed by atoms with Crippen LogP contribution in [-0.4, -0.2) is 90.0 Å². The predicted molar refractivity (Wildman–Crippen MR) is 99.4 cm³/mol. The van der Waals surface area contributed by atoms with Gasteiger partial charge in [0.15, 0.2) is 5.11 Å². The molecule has 0 saturated carbocycles. The van der Waals surface area contributed by atoms with E-state index >= 15 is 0 Å². The van der Waals surface area contributed by atoms with Gasteiger partial charge in [-0.15, -0.1) is 0 Å². The number of nitrogens with one attached hydrogen (secondary N) is 2. The van der Waals surface area contributed by atoms with Crippen molar-refractivity contribution in [3.8, 4) is 0 Å². The van der Waals surface area contributed by atoms with Crippen LogP contribution in [-0.2, 0) is 0 Å². The maximum absolute atomic E-state index is 13.6. The lowest BCUT2D eigenvalue weighted by molar-refractivity contribution is -0.440. The van der Waals surface area contributed by atoms with Crippen LogP contribution in [0.1, 0.15) is 12.8 Å². The number of rotatable bonds is 15. The van der Waals surface area contributed by atoms with Crippen molar-refractivity contribution in [2.45, 2.75) is 84.7 Å². The van der Waals surface area contributed by atoms with E-state index in [-0.39, 0.29) is 0 Å². The highest BCUT2D eigenvalue weighted by atomic mass is 32.1. The van der Waals surface area contributed by atoms with E-state index in [1.807, 2.05) is 0 Å². The summed E-state index contributed by atoms with van der Waals surface area (Å²) < 4.78 is 326. The van der Waals surface area contributed by atoms with E-state index in [0.717, 1.165) is 10.6 Å². The molecule has 0 amide bonds. The van der Waals surface area contributed by atoms with Gasteiger partial charge in [0.2, 0.25) is 0 Å². The maximum atomic E-state index is 13.6. The first-order chi connectivity index (χ1) is 19.3. The molecule has 45 heavy (non-hydrogen) atoms. The lowest BCUT2D eigenvalue weighted by Crippen LogP contribution is -2.70. The van der Waals surface area contributed by atoms with Crippen molar-refractivity contribution in [1.82, 2.24) is 10.6 Å². The van der Waals surface area contributed by atoms with E-state index in [1.165, 1.54) is 0 Å². The molecule has 0 atom stereocenters. The van der Waals surface area contributed by atoms with Crippen molar-refractivity contribution in [3.05, 3.63) is 0 Å². The Morgan fingerprint density at radius 3 is 0.956 bits per heavy atom. The summed E-state index contributed by atoms with van der Waals surface area (Å²) in [6.07, 6.45) is -19.3. The molecule has 270 valence electrons. The number of alkyl halides is 25. The fourth-order valence-electron chi connectivity index (χ4n) is 2.62. The van der Waals surface area contributed by atoms with Gasteiger partial charge < -0.3 is 10.6 Å². The summed E-state index contributed by atoms with van der Waals surface area (Å²) >= 11 is 4.02. The Morgan fingerprint density at radius 1 is 0.422 bits per heavy atom. The van der Waals surface area contributed by atoms with E-state index in [1.54, 1.807) is 0 Å². The van der Waals surface area contributed by atoms with Crippen LogP contribution in [0.15, 0.2) is 0 Å². The Balaban J connectivity index is 5.58. The molecule has 0 spiro atoms. The van der Waals surface area contributed by atoms with Gasteiger partial charge in [0.25, 0.3) is 0 Å². The van der Waals surface area contributed by atoms with Gasteiger partial charge in [-0.1, -0.05) is 0 Å². The largest absolute Gasteiger partial charge is 0.460 e. The van der Waals surface area contributed by atoms with Gasteiger partial charge in [-0.2, -0.15) is 101 Å². The molecule has 0 unspecified atom stereocenters. The van der Waals surface area contributed by atoms with Gasteiger partial charge in [-0.25, -0.2) is 8.78 Å². The van der Waals surface area contributed by atoms with Gasteiger partial charge in [0.1, 0.15) is 0 Å². The molecule has 0 aromatic carbocycles. The Morgan fingerprint density at radius 2 is 0.689 bits per heavy atom. The molecular weight excluding hydrogens is 739 g/mol. The molecule has 0 aromatic heterocycles. The third-order valence-corrected chi connectivity index (χ3v) is 5.68. The van der Waals surface area contributed by atoms with Crippen LogP contribution in [0.2, 0.25) is 0 Å². The average Bonchev–Trinajstić information content (AvgIpc) is 2.81. The van der Waals surface area contributed by atoms with Gasteiger partial charge >= 0.3 is 71.8 Å². The topological polar surface area (TPSA) is 24.1 Å². The smallest absolute Gasteiger partial charge is 0.363 e. The molecule has 0 fully saturated rings. The molecule has 0 rings (SSSR count). The molecule has 0 saturated heterocycles. The fraction of sp³-hybridized carbons (Fsp3) is 0.941. The standard InChI is InChI=1S/C17H11F25N2S/c18-5(19)9(24,25)12(30,31)13(32,33)10(26,27)7(20,21)1-3-43-6(45)44-4-2-8(22,23)11(28,29)14(34,35)15(36,37)16(38,39)17(40,41)42/h5H,1-4H2,(H2,43,44,45). The van der Waals surface area contributed by atoms with Crippen molar-refractivity contribution >= 4 is 17.3 Å². The van der Waals surface area contributed by atoms with Crippen molar-refractivity contribution in [2.24, 2.45) is 0 Å². The molecule has 0 radical (unpaired) electrons. The highest BCUT2D eigenvalue weighted by Crippen LogP contribution is 2.61. The third kappa shape index (κ3) is 6.83. The van der Waals surface area contributed by atoms with Crippen LogP contribution < -0.4 is 10.6 Å². The van der Waals surface area contributed by atoms with Crippen LogP contribution >= 0.6 is 12.2 Å². The second kappa shape index (κ2) is 12.2. The maximum Gasteiger partial charge on any atom is 0.460 e. The third-order valence-electron chi connectivity index (χ3n) is 5.39. The summed E-state index contributed by atoms with van der Waals surface area (Å²) in [5.74, 6) is -75.9. The normalized spacial score (nSPS) is 15.9. The summed E-state index contributed by atoms with van der Waals surface area (Å²) in [6.45, 7) is -4.06. The molecule has 0 aliphatic rings. The number of hydrogen-bond donors (Lipinski definition) is 2. The Labute approximate surface area is 236 Å². The minimum absolute atomic E-state index is 1.13. The molecule has 0 aliphatic carbocycles. The molecule has 28 heteroatoms. The fourth-order valence-corrected chi connectivity index (χ4v) is 2.82. The molecule has 2 nitrogen and oxygen atoms in total. The van der Waals surface area contributed by atoms with E-state index in [0.29, 0.717) is 0 Å². The monoisotopic (exact) mass is 750 g/mol. The quantitative estimate of drug-likeness (QED) is 0.130. The van der Waals surface area contributed by atoms with Crippen molar-refractivity contribution < 1.29 is 110 Å². The summed E-state index contributed by atoms with van der Waals surface area (Å²) in [5, 5.41) is 0.746. The first kappa shape index (κ1) is 42.9. The minimum atomic E-state index is -8.22.